The minimum atomic E-state index is -0.399. The normalized spacial score (nSPS) is 10.4. The van der Waals surface area contributed by atoms with Crippen LogP contribution in [-0.4, -0.2) is 29.0 Å². The predicted molar refractivity (Wildman–Crippen MR) is 89.2 cm³/mol. The molecule has 1 amide bonds. The summed E-state index contributed by atoms with van der Waals surface area (Å²) < 4.78 is 13.1. The van der Waals surface area contributed by atoms with E-state index in [4.69, 9.17) is 0 Å². The van der Waals surface area contributed by atoms with Gasteiger partial charge in [-0.25, -0.2) is 14.4 Å². The van der Waals surface area contributed by atoms with Gasteiger partial charge in [-0.15, -0.1) is 0 Å². The second-order valence-corrected chi connectivity index (χ2v) is 5.22. The maximum atomic E-state index is 13.1. The van der Waals surface area contributed by atoms with E-state index in [1.807, 2.05) is 0 Å². The molecule has 6 heteroatoms. The minimum Gasteiger partial charge on any atom is -0.341 e. The molecule has 2 aromatic rings. The molecule has 0 aliphatic heterocycles. The van der Waals surface area contributed by atoms with Crippen LogP contribution in [0.1, 0.15) is 37.0 Å². The number of rotatable bonds is 7. The molecule has 0 unspecified atom stereocenters. The number of aromatic nitrogens is 2. The van der Waals surface area contributed by atoms with E-state index in [0.29, 0.717) is 17.2 Å². The zero-order valence-electron chi connectivity index (χ0n) is 13.4. The molecular formula is C17H21FN4O. The number of carbonyl (C=O) groups is 1. The molecule has 2 rings (SSSR count). The third kappa shape index (κ3) is 4.74. The molecule has 0 bridgehead atoms. The van der Waals surface area contributed by atoms with Gasteiger partial charge in [0.15, 0.2) is 0 Å². The number of anilines is 2. The van der Waals surface area contributed by atoms with E-state index in [2.05, 4.69) is 34.0 Å². The summed E-state index contributed by atoms with van der Waals surface area (Å²) in [5, 5.41) is 2.63. The summed E-state index contributed by atoms with van der Waals surface area (Å²) in [7, 11) is 0. The number of hydrogen-bond donors (Lipinski definition) is 1. The monoisotopic (exact) mass is 316 g/mol. The lowest BCUT2D eigenvalue weighted by molar-refractivity contribution is 0.102. The largest absolute Gasteiger partial charge is 0.341 e. The fourth-order valence-corrected chi connectivity index (χ4v) is 2.22. The van der Waals surface area contributed by atoms with Gasteiger partial charge in [0.1, 0.15) is 5.82 Å². The van der Waals surface area contributed by atoms with Crippen LogP contribution in [0.4, 0.5) is 16.0 Å². The van der Waals surface area contributed by atoms with Gasteiger partial charge in [-0.1, -0.05) is 19.9 Å². The second-order valence-electron chi connectivity index (χ2n) is 5.22. The summed E-state index contributed by atoms with van der Waals surface area (Å²) in [5.41, 5.74) is 0.739. The maximum Gasteiger partial charge on any atom is 0.258 e. The first-order valence-corrected chi connectivity index (χ1v) is 7.78. The van der Waals surface area contributed by atoms with Crippen molar-refractivity contribution in [2.24, 2.45) is 0 Å². The minimum absolute atomic E-state index is 0.339. The third-order valence-electron chi connectivity index (χ3n) is 3.25. The fraction of sp³-hybridized carbons (Fsp3) is 0.353. The lowest BCUT2D eigenvalue weighted by Gasteiger charge is -2.21. The van der Waals surface area contributed by atoms with Crippen LogP contribution in [0.2, 0.25) is 0 Å². The Morgan fingerprint density at radius 3 is 2.39 bits per heavy atom. The van der Waals surface area contributed by atoms with Crippen LogP contribution in [0.25, 0.3) is 0 Å². The molecule has 0 radical (unpaired) electrons. The topological polar surface area (TPSA) is 58.1 Å². The van der Waals surface area contributed by atoms with Crippen molar-refractivity contribution in [2.45, 2.75) is 26.7 Å². The molecule has 23 heavy (non-hydrogen) atoms. The van der Waals surface area contributed by atoms with Gasteiger partial charge in [0.25, 0.3) is 5.91 Å². The first kappa shape index (κ1) is 16.9. The Morgan fingerprint density at radius 2 is 1.83 bits per heavy atom. The number of amides is 1. The van der Waals surface area contributed by atoms with E-state index >= 15 is 0 Å². The van der Waals surface area contributed by atoms with Crippen molar-refractivity contribution < 1.29 is 9.18 Å². The van der Waals surface area contributed by atoms with Crippen LogP contribution in [0.5, 0.6) is 0 Å². The Labute approximate surface area is 135 Å². The molecule has 1 heterocycles. The molecule has 0 aliphatic rings. The highest BCUT2D eigenvalue weighted by Crippen LogP contribution is 2.12. The van der Waals surface area contributed by atoms with Gasteiger partial charge < -0.3 is 10.2 Å². The van der Waals surface area contributed by atoms with Crippen molar-refractivity contribution in [3.8, 4) is 0 Å². The highest BCUT2D eigenvalue weighted by Gasteiger charge is 2.11. The molecule has 1 aromatic carbocycles. The van der Waals surface area contributed by atoms with Crippen molar-refractivity contribution in [3.63, 3.8) is 0 Å². The first-order chi connectivity index (χ1) is 11.1. The van der Waals surface area contributed by atoms with Crippen LogP contribution in [0, 0.1) is 5.82 Å². The lowest BCUT2D eigenvalue weighted by atomic mass is 10.2. The highest BCUT2D eigenvalue weighted by atomic mass is 19.1. The van der Waals surface area contributed by atoms with Gasteiger partial charge in [-0.2, -0.15) is 0 Å². The summed E-state index contributed by atoms with van der Waals surface area (Å²) in [6, 6.07) is 5.75. The van der Waals surface area contributed by atoms with Gasteiger partial charge in [-0.05, 0) is 31.0 Å². The van der Waals surface area contributed by atoms with Crippen molar-refractivity contribution in [3.05, 3.63) is 48.0 Å². The van der Waals surface area contributed by atoms with Crippen LogP contribution in [0.3, 0.4) is 0 Å². The molecule has 0 fully saturated rings. The number of halogens is 1. The summed E-state index contributed by atoms with van der Waals surface area (Å²) in [6.45, 7) is 5.96. The van der Waals surface area contributed by atoms with Gasteiger partial charge >= 0.3 is 0 Å². The van der Waals surface area contributed by atoms with E-state index in [9.17, 15) is 9.18 Å². The summed E-state index contributed by atoms with van der Waals surface area (Å²) in [6.07, 6.45) is 5.00. The Balaban J connectivity index is 2.07. The highest BCUT2D eigenvalue weighted by molar-refractivity contribution is 6.03. The smallest absolute Gasteiger partial charge is 0.258 e. The number of nitrogens with one attached hydrogen (secondary N) is 1. The summed E-state index contributed by atoms with van der Waals surface area (Å²) >= 11 is 0. The first-order valence-electron chi connectivity index (χ1n) is 7.78. The number of benzene rings is 1. The van der Waals surface area contributed by atoms with Gasteiger partial charge in [0, 0.05) is 31.2 Å². The van der Waals surface area contributed by atoms with Crippen molar-refractivity contribution >= 4 is 17.5 Å². The summed E-state index contributed by atoms with van der Waals surface area (Å²) in [5.74, 6) is -0.139. The van der Waals surface area contributed by atoms with E-state index in [-0.39, 0.29) is 5.91 Å². The molecule has 122 valence electrons. The molecule has 5 nitrogen and oxygen atoms in total. The number of nitrogens with zero attached hydrogens (tertiary/aromatic N) is 3. The van der Waals surface area contributed by atoms with Crippen LogP contribution in [-0.2, 0) is 0 Å². The number of hydrogen-bond acceptors (Lipinski definition) is 4. The van der Waals surface area contributed by atoms with Crippen molar-refractivity contribution in [2.75, 3.05) is 23.3 Å². The predicted octanol–water partition coefficient (Wildman–Crippen LogP) is 3.49. The second kappa shape index (κ2) is 8.22. The van der Waals surface area contributed by atoms with E-state index in [1.165, 1.54) is 30.6 Å². The molecule has 0 saturated heterocycles. The van der Waals surface area contributed by atoms with Crippen molar-refractivity contribution in [1.29, 1.82) is 0 Å². The Morgan fingerprint density at radius 1 is 1.17 bits per heavy atom. The molecule has 0 aliphatic carbocycles. The molecule has 0 spiro atoms. The average Bonchev–Trinajstić information content (AvgIpc) is 2.55. The Kier molecular flexibility index (Phi) is 6.02. The van der Waals surface area contributed by atoms with Gasteiger partial charge in [0.05, 0.1) is 5.56 Å². The average molecular weight is 316 g/mol. The van der Waals surface area contributed by atoms with Crippen molar-refractivity contribution in [1.82, 2.24) is 9.97 Å². The molecule has 0 atom stereocenters. The van der Waals surface area contributed by atoms with E-state index < -0.39 is 5.82 Å². The van der Waals surface area contributed by atoms with Gasteiger partial charge in [0.2, 0.25) is 5.95 Å². The number of carbonyl (C=O) groups excluding carboxylic acids is 1. The third-order valence-corrected chi connectivity index (χ3v) is 3.25. The van der Waals surface area contributed by atoms with Crippen LogP contribution >= 0.6 is 0 Å². The standard InChI is InChI=1S/C17H21FN4O/c1-3-8-22(9-4-2)17-19-11-13(12-20-17)16(23)21-15-7-5-6-14(18)10-15/h5-7,10-12H,3-4,8-9H2,1-2H3,(H,21,23). The zero-order valence-corrected chi connectivity index (χ0v) is 13.4. The van der Waals surface area contributed by atoms with E-state index in [0.717, 1.165) is 25.9 Å². The maximum absolute atomic E-state index is 13.1. The van der Waals surface area contributed by atoms with Crippen LogP contribution < -0.4 is 10.2 Å². The molecule has 1 aromatic heterocycles. The lowest BCUT2D eigenvalue weighted by Crippen LogP contribution is -2.27. The quantitative estimate of drug-likeness (QED) is 0.849. The van der Waals surface area contributed by atoms with Gasteiger partial charge in [-0.3, -0.25) is 4.79 Å². The molecular weight excluding hydrogens is 295 g/mol. The zero-order chi connectivity index (χ0) is 16.7. The Bertz CT molecular complexity index is 639. The van der Waals surface area contributed by atoms with Crippen LogP contribution in [0.15, 0.2) is 36.7 Å². The molecule has 0 saturated carbocycles. The van der Waals surface area contributed by atoms with E-state index in [1.54, 1.807) is 6.07 Å². The Hall–Kier alpha value is -2.50. The fourth-order valence-electron chi connectivity index (χ4n) is 2.22. The molecule has 1 N–H and O–H groups in total. The SMILES string of the molecule is CCCN(CCC)c1ncc(C(=O)Nc2cccc(F)c2)cn1. The summed E-state index contributed by atoms with van der Waals surface area (Å²) in [4.78, 5) is 22.8.